The summed E-state index contributed by atoms with van der Waals surface area (Å²) in [6.07, 6.45) is 1.01. The standard InChI is InChI=1S/C10H15NO/c1-3-7(2)9-6-8(11)4-5-10(9)12/h4-7,12H,3,11H2,1-2H3. The fourth-order valence-corrected chi connectivity index (χ4v) is 1.19. The van der Waals surface area contributed by atoms with Gasteiger partial charge in [-0.3, -0.25) is 0 Å². The van der Waals surface area contributed by atoms with Crippen molar-refractivity contribution in [1.29, 1.82) is 0 Å². The van der Waals surface area contributed by atoms with Crippen molar-refractivity contribution in [3.05, 3.63) is 23.8 Å². The molecule has 0 aliphatic carbocycles. The zero-order chi connectivity index (χ0) is 9.14. The van der Waals surface area contributed by atoms with Crippen LogP contribution in [0.3, 0.4) is 0 Å². The van der Waals surface area contributed by atoms with Crippen molar-refractivity contribution in [2.75, 3.05) is 5.73 Å². The van der Waals surface area contributed by atoms with Crippen molar-refractivity contribution in [2.45, 2.75) is 26.2 Å². The number of nitrogens with two attached hydrogens (primary N) is 1. The molecule has 0 fully saturated rings. The molecular formula is C10H15NO. The van der Waals surface area contributed by atoms with Gasteiger partial charge >= 0.3 is 0 Å². The summed E-state index contributed by atoms with van der Waals surface area (Å²) in [6.45, 7) is 4.17. The van der Waals surface area contributed by atoms with E-state index in [1.54, 1.807) is 12.1 Å². The molecule has 0 aliphatic rings. The highest BCUT2D eigenvalue weighted by Crippen LogP contribution is 2.29. The van der Waals surface area contributed by atoms with E-state index in [0.717, 1.165) is 12.0 Å². The highest BCUT2D eigenvalue weighted by molar-refractivity contribution is 5.48. The Balaban J connectivity index is 3.04. The molecule has 0 saturated heterocycles. The van der Waals surface area contributed by atoms with E-state index in [2.05, 4.69) is 13.8 Å². The van der Waals surface area contributed by atoms with E-state index < -0.39 is 0 Å². The second kappa shape index (κ2) is 3.48. The first-order valence-electron chi connectivity index (χ1n) is 4.23. The van der Waals surface area contributed by atoms with Gasteiger partial charge in [0.15, 0.2) is 0 Å². The molecule has 0 bridgehead atoms. The van der Waals surface area contributed by atoms with Crippen LogP contribution >= 0.6 is 0 Å². The number of nitrogen functional groups attached to an aromatic ring is 1. The normalized spacial score (nSPS) is 12.8. The molecule has 1 atom stereocenters. The molecule has 1 aromatic rings. The van der Waals surface area contributed by atoms with Crippen LogP contribution in [0.5, 0.6) is 5.75 Å². The lowest BCUT2D eigenvalue weighted by atomic mass is 9.97. The minimum Gasteiger partial charge on any atom is -0.508 e. The van der Waals surface area contributed by atoms with Gasteiger partial charge in [-0.1, -0.05) is 13.8 Å². The number of aromatic hydroxyl groups is 1. The Kier molecular flexibility index (Phi) is 2.58. The second-order valence-corrected chi connectivity index (χ2v) is 3.13. The highest BCUT2D eigenvalue weighted by Gasteiger charge is 2.07. The van der Waals surface area contributed by atoms with Gasteiger partial charge in [0.05, 0.1) is 0 Å². The molecule has 0 saturated carbocycles. The minimum atomic E-state index is 0.346. The van der Waals surface area contributed by atoms with Crippen molar-refractivity contribution in [3.8, 4) is 5.75 Å². The minimum absolute atomic E-state index is 0.346. The summed E-state index contributed by atoms with van der Waals surface area (Å²) in [4.78, 5) is 0. The third kappa shape index (κ3) is 1.70. The lowest BCUT2D eigenvalue weighted by molar-refractivity contribution is 0.462. The molecule has 0 aliphatic heterocycles. The van der Waals surface area contributed by atoms with E-state index in [-0.39, 0.29) is 0 Å². The molecule has 0 heterocycles. The van der Waals surface area contributed by atoms with Gasteiger partial charge in [0.2, 0.25) is 0 Å². The molecule has 0 spiro atoms. The Morgan fingerprint density at radius 1 is 1.50 bits per heavy atom. The maximum Gasteiger partial charge on any atom is 0.119 e. The largest absolute Gasteiger partial charge is 0.508 e. The molecule has 3 N–H and O–H groups in total. The van der Waals surface area contributed by atoms with E-state index in [0.29, 0.717) is 17.4 Å². The first kappa shape index (κ1) is 8.91. The summed E-state index contributed by atoms with van der Waals surface area (Å²) in [5, 5.41) is 9.48. The Hall–Kier alpha value is -1.18. The van der Waals surface area contributed by atoms with Gasteiger partial charge in [0, 0.05) is 5.69 Å². The monoisotopic (exact) mass is 165 g/mol. The molecule has 1 rings (SSSR count). The SMILES string of the molecule is CCC(C)c1cc(N)ccc1O. The predicted octanol–water partition coefficient (Wildman–Crippen LogP) is 2.49. The van der Waals surface area contributed by atoms with Crippen LogP contribution < -0.4 is 5.73 Å². The van der Waals surface area contributed by atoms with Crippen molar-refractivity contribution in [2.24, 2.45) is 0 Å². The first-order valence-corrected chi connectivity index (χ1v) is 4.23. The average Bonchev–Trinajstić information content (AvgIpc) is 2.08. The van der Waals surface area contributed by atoms with Crippen LogP contribution in [-0.2, 0) is 0 Å². The van der Waals surface area contributed by atoms with Crippen LogP contribution in [0.1, 0.15) is 31.7 Å². The summed E-state index contributed by atoms with van der Waals surface area (Å²) in [5.74, 6) is 0.715. The van der Waals surface area contributed by atoms with E-state index in [9.17, 15) is 5.11 Å². The molecule has 0 radical (unpaired) electrons. The topological polar surface area (TPSA) is 46.2 Å². The van der Waals surface area contributed by atoms with Crippen LogP contribution in [-0.4, -0.2) is 5.11 Å². The Morgan fingerprint density at radius 2 is 2.17 bits per heavy atom. The lowest BCUT2D eigenvalue weighted by Crippen LogP contribution is -1.94. The number of anilines is 1. The molecule has 0 amide bonds. The number of rotatable bonds is 2. The van der Waals surface area contributed by atoms with Gasteiger partial charge in [0.1, 0.15) is 5.75 Å². The maximum atomic E-state index is 9.48. The van der Waals surface area contributed by atoms with E-state index in [1.807, 2.05) is 6.07 Å². The Bertz CT molecular complexity index is 271. The Morgan fingerprint density at radius 3 is 2.75 bits per heavy atom. The maximum absolute atomic E-state index is 9.48. The zero-order valence-electron chi connectivity index (χ0n) is 7.54. The summed E-state index contributed by atoms with van der Waals surface area (Å²) >= 11 is 0. The van der Waals surface area contributed by atoms with Crippen LogP contribution in [0.4, 0.5) is 5.69 Å². The number of benzene rings is 1. The predicted molar refractivity (Wildman–Crippen MR) is 51.2 cm³/mol. The van der Waals surface area contributed by atoms with Crippen molar-refractivity contribution in [3.63, 3.8) is 0 Å². The van der Waals surface area contributed by atoms with Crippen LogP contribution in [0.15, 0.2) is 18.2 Å². The van der Waals surface area contributed by atoms with Gasteiger partial charge < -0.3 is 10.8 Å². The molecule has 66 valence electrons. The van der Waals surface area contributed by atoms with Gasteiger partial charge in [-0.15, -0.1) is 0 Å². The number of hydrogen-bond donors (Lipinski definition) is 2. The fraction of sp³-hybridized carbons (Fsp3) is 0.400. The quantitative estimate of drug-likeness (QED) is 0.522. The van der Waals surface area contributed by atoms with Gasteiger partial charge in [0.25, 0.3) is 0 Å². The molecule has 1 aromatic carbocycles. The third-order valence-corrected chi connectivity index (χ3v) is 2.19. The van der Waals surface area contributed by atoms with E-state index >= 15 is 0 Å². The van der Waals surface area contributed by atoms with E-state index in [4.69, 9.17) is 5.73 Å². The summed E-state index contributed by atoms with van der Waals surface area (Å²) in [5.41, 5.74) is 7.26. The number of phenolic OH excluding ortho intramolecular Hbond substituents is 1. The van der Waals surface area contributed by atoms with Crippen LogP contribution in [0.2, 0.25) is 0 Å². The van der Waals surface area contributed by atoms with Gasteiger partial charge in [-0.25, -0.2) is 0 Å². The molecule has 2 nitrogen and oxygen atoms in total. The van der Waals surface area contributed by atoms with E-state index in [1.165, 1.54) is 0 Å². The fourth-order valence-electron chi connectivity index (χ4n) is 1.19. The van der Waals surface area contributed by atoms with Crippen LogP contribution in [0.25, 0.3) is 0 Å². The average molecular weight is 165 g/mol. The van der Waals surface area contributed by atoms with Crippen molar-refractivity contribution in [1.82, 2.24) is 0 Å². The zero-order valence-corrected chi connectivity index (χ0v) is 7.54. The summed E-state index contributed by atoms with van der Waals surface area (Å²) in [6, 6.07) is 5.20. The van der Waals surface area contributed by atoms with Crippen LogP contribution in [0, 0.1) is 0 Å². The molecule has 2 heteroatoms. The van der Waals surface area contributed by atoms with Crippen molar-refractivity contribution >= 4 is 5.69 Å². The number of hydrogen-bond acceptors (Lipinski definition) is 2. The molecule has 12 heavy (non-hydrogen) atoms. The summed E-state index contributed by atoms with van der Waals surface area (Å²) < 4.78 is 0. The lowest BCUT2D eigenvalue weighted by Gasteiger charge is -2.11. The highest BCUT2D eigenvalue weighted by atomic mass is 16.3. The molecule has 1 unspecified atom stereocenters. The second-order valence-electron chi connectivity index (χ2n) is 3.13. The smallest absolute Gasteiger partial charge is 0.119 e. The first-order chi connectivity index (χ1) is 5.65. The molecular weight excluding hydrogens is 150 g/mol. The Labute approximate surface area is 73.0 Å². The summed E-state index contributed by atoms with van der Waals surface area (Å²) in [7, 11) is 0. The third-order valence-electron chi connectivity index (χ3n) is 2.19. The van der Waals surface area contributed by atoms with Crippen molar-refractivity contribution < 1.29 is 5.11 Å². The van der Waals surface area contributed by atoms with Gasteiger partial charge in [-0.05, 0) is 36.1 Å². The number of phenols is 1. The molecule has 0 aromatic heterocycles. The van der Waals surface area contributed by atoms with Gasteiger partial charge in [-0.2, -0.15) is 0 Å².